The van der Waals surface area contributed by atoms with Gasteiger partial charge in [0.1, 0.15) is 17.6 Å². The SMILES string of the molecule is Cc1ccc([C@@H](CNc2oc(-c3ccccc3C)nc2C#N)N(C)C)o1. The predicted molar refractivity (Wildman–Crippen MR) is 99.8 cm³/mol. The molecule has 0 saturated carbocycles. The van der Waals surface area contributed by atoms with Crippen LogP contribution in [0, 0.1) is 25.2 Å². The molecule has 0 radical (unpaired) electrons. The van der Waals surface area contributed by atoms with Crippen LogP contribution >= 0.6 is 0 Å². The molecule has 26 heavy (non-hydrogen) atoms. The summed E-state index contributed by atoms with van der Waals surface area (Å²) in [6, 6.07) is 13.8. The zero-order valence-corrected chi connectivity index (χ0v) is 15.4. The summed E-state index contributed by atoms with van der Waals surface area (Å²) in [6.07, 6.45) is 0. The molecule has 0 spiro atoms. The van der Waals surface area contributed by atoms with Crippen molar-refractivity contribution in [3.63, 3.8) is 0 Å². The standard InChI is InChI=1S/C20H22N4O2/c1-13-7-5-6-8-15(13)19-23-16(11-21)20(26-19)22-12-17(24(3)4)18-10-9-14(2)25-18/h5-10,17,22H,12H2,1-4H3/t17-/m1/s1. The first-order chi connectivity index (χ1) is 12.5. The highest BCUT2D eigenvalue weighted by atomic mass is 16.4. The number of rotatable bonds is 6. The Morgan fingerprint density at radius 2 is 1.92 bits per heavy atom. The largest absolute Gasteiger partial charge is 0.465 e. The van der Waals surface area contributed by atoms with Gasteiger partial charge in [-0.05, 0) is 51.7 Å². The van der Waals surface area contributed by atoms with Gasteiger partial charge in [0.2, 0.25) is 17.5 Å². The predicted octanol–water partition coefficient (Wildman–Crippen LogP) is 4.14. The van der Waals surface area contributed by atoms with Crippen LogP contribution in [-0.4, -0.2) is 30.5 Å². The minimum Gasteiger partial charge on any atom is -0.465 e. The number of hydrogen-bond acceptors (Lipinski definition) is 6. The smallest absolute Gasteiger partial charge is 0.232 e. The lowest BCUT2D eigenvalue weighted by Crippen LogP contribution is -2.26. The molecule has 6 heteroatoms. The zero-order chi connectivity index (χ0) is 18.7. The normalized spacial score (nSPS) is 12.2. The van der Waals surface area contributed by atoms with Crippen molar-refractivity contribution in [2.75, 3.05) is 26.0 Å². The maximum atomic E-state index is 9.40. The average molecular weight is 350 g/mol. The zero-order valence-electron chi connectivity index (χ0n) is 15.4. The number of hydrogen-bond donors (Lipinski definition) is 1. The van der Waals surface area contributed by atoms with Gasteiger partial charge in [-0.25, -0.2) is 0 Å². The fourth-order valence-corrected chi connectivity index (χ4v) is 2.80. The van der Waals surface area contributed by atoms with Crippen LogP contribution in [0.2, 0.25) is 0 Å². The van der Waals surface area contributed by atoms with E-state index in [0.29, 0.717) is 18.3 Å². The second kappa shape index (κ2) is 7.46. The Bertz CT molecular complexity index is 933. The Morgan fingerprint density at radius 3 is 2.54 bits per heavy atom. The van der Waals surface area contributed by atoms with E-state index >= 15 is 0 Å². The van der Waals surface area contributed by atoms with E-state index in [1.807, 2.05) is 64.3 Å². The number of likely N-dealkylation sites (N-methyl/N-ethyl adjacent to an activating group) is 1. The van der Waals surface area contributed by atoms with Crippen LogP contribution in [0.4, 0.5) is 5.88 Å². The van der Waals surface area contributed by atoms with Gasteiger partial charge in [-0.2, -0.15) is 10.2 Å². The Labute approximate surface area is 153 Å². The summed E-state index contributed by atoms with van der Waals surface area (Å²) in [6.45, 7) is 4.43. The fourth-order valence-electron chi connectivity index (χ4n) is 2.80. The number of anilines is 1. The maximum absolute atomic E-state index is 9.40. The van der Waals surface area contributed by atoms with Gasteiger partial charge in [-0.1, -0.05) is 18.2 Å². The highest BCUT2D eigenvalue weighted by molar-refractivity contribution is 5.62. The van der Waals surface area contributed by atoms with E-state index in [4.69, 9.17) is 8.83 Å². The number of aryl methyl sites for hydroxylation is 2. The van der Waals surface area contributed by atoms with Crippen LogP contribution in [0.5, 0.6) is 0 Å². The lowest BCUT2D eigenvalue weighted by atomic mass is 10.1. The number of nitrogens with one attached hydrogen (secondary N) is 1. The molecule has 6 nitrogen and oxygen atoms in total. The van der Waals surface area contributed by atoms with E-state index in [-0.39, 0.29) is 11.7 Å². The summed E-state index contributed by atoms with van der Waals surface area (Å²) >= 11 is 0. The molecule has 0 bridgehead atoms. The first-order valence-electron chi connectivity index (χ1n) is 8.43. The van der Waals surface area contributed by atoms with Crippen molar-refractivity contribution in [3.05, 3.63) is 59.2 Å². The Hall–Kier alpha value is -3.04. The van der Waals surface area contributed by atoms with Crippen LogP contribution in [0.25, 0.3) is 11.5 Å². The summed E-state index contributed by atoms with van der Waals surface area (Å²) < 4.78 is 11.6. The summed E-state index contributed by atoms with van der Waals surface area (Å²) in [5.41, 5.74) is 2.17. The molecule has 0 aliphatic heterocycles. The average Bonchev–Trinajstić information content (AvgIpc) is 3.21. The number of benzene rings is 1. The molecule has 0 aliphatic rings. The molecule has 1 N–H and O–H groups in total. The van der Waals surface area contributed by atoms with Gasteiger partial charge in [0, 0.05) is 12.1 Å². The van der Waals surface area contributed by atoms with Gasteiger partial charge in [-0.3, -0.25) is 4.90 Å². The van der Waals surface area contributed by atoms with Crippen molar-refractivity contribution in [2.45, 2.75) is 19.9 Å². The van der Waals surface area contributed by atoms with Crippen LogP contribution in [0.15, 0.2) is 45.2 Å². The van der Waals surface area contributed by atoms with E-state index in [1.165, 1.54) is 0 Å². The van der Waals surface area contributed by atoms with Crippen molar-refractivity contribution in [1.82, 2.24) is 9.88 Å². The Morgan fingerprint density at radius 1 is 1.15 bits per heavy atom. The highest BCUT2D eigenvalue weighted by Gasteiger charge is 2.21. The van der Waals surface area contributed by atoms with Crippen molar-refractivity contribution in [3.8, 4) is 17.5 Å². The third-order valence-electron chi connectivity index (χ3n) is 4.28. The second-order valence-electron chi connectivity index (χ2n) is 6.43. The maximum Gasteiger partial charge on any atom is 0.232 e. The molecule has 0 fully saturated rings. The monoisotopic (exact) mass is 350 g/mol. The number of nitriles is 1. The molecule has 1 aromatic carbocycles. The number of oxazole rings is 1. The first kappa shape index (κ1) is 17.8. The second-order valence-corrected chi connectivity index (χ2v) is 6.43. The van der Waals surface area contributed by atoms with E-state index in [2.05, 4.69) is 21.3 Å². The van der Waals surface area contributed by atoms with E-state index in [0.717, 1.165) is 22.6 Å². The number of nitrogens with zero attached hydrogens (tertiary/aromatic N) is 3. The van der Waals surface area contributed by atoms with Crippen molar-refractivity contribution in [1.29, 1.82) is 5.26 Å². The molecular formula is C20H22N4O2. The number of aromatic nitrogens is 1. The third kappa shape index (κ3) is 3.63. The molecule has 0 unspecified atom stereocenters. The van der Waals surface area contributed by atoms with Crippen LogP contribution < -0.4 is 5.32 Å². The van der Waals surface area contributed by atoms with Crippen molar-refractivity contribution in [2.24, 2.45) is 0 Å². The number of furan rings is 1. The molecule has 3 aromatic rings. The van der Waals surface area contributed by atoms with Gasteiger partial charge >= 0.3 is 0 Å². The van der Waals surface area contributed by atoms with Gasteiger partial charge in [0.15, 0.2) is 0 Å². The summed E-state index contributed by atoms with van der Waals surface area (Å²) in [7, 11) is 3.96. The van der Waals surface area contributed by atoms with Gasteiger partial charge in [0.25, 0.3) is 0 Å². The van der Waals surface area contributed by atoms with Crippen molar-refractivity contribution < 1.29 is 8.83 Å². The third-order valence-corrected chi connectivity index (χ3v) is 4.28. The molecule has 0 saturated heterocycles. The molecule has 3 rings (SSSR count). The summed E-state index contributed by atoms with van der Waals surface area (Å²) in [5, 5.41) is 12.6. The molecule has 2 heterocycles. The first-order valence-corrected chi connectivity index (χ1v) is 8.43. The highest BCUT2D eigenvalue weighted by Crippen LogP contribution is 2.28. The van der Waals surface area contributed by atoms with Gasteiger partial charge in [-0.15, -0.1) is 0 Å². The lowest BCUT2D eigenvalue weighted by Gasteiger charge is -2.22. The minimum atomic E-state index is 0.00209. The van der Waals surface area contributed by atoms with E-state index in [1.54, 1.807) is 0 Å². The lowest BCUT2D eigenvalue weighted by molar-refractivity contribution is 0.265. The van der Waals surface area contributed by atoms with E-state index < -0.39 is 0 Å². The summed E-state index contributed by atoms with van der Waals surface area (Å²) in [4.78, 5) is 6.38. The van der Waals surface area contributed by atoms with Gasteiger partial charge < -0.3 is 14.2 Å². The molecule has 134 valence electrons. The van der Waals surface area contributed by atoms with Gasteiger partial charge in [0.05, 0.1) is 6.04 Å². The molecule has 0 amide bonds. The van der Waals surface area contributed by atoms with Crippen LogP contribution in [-0.2, 0) is 0 Å². The Balaban J connectivity index is 1.83. The molecule has 0 aliphatic carbocycles. The molecule has 1 atom stereocenters. The summed E-state index contributed by atoms with van der Waals surface area (Å²) in [5.74, 6) is 2.54. The Kier molecular flexibility index (Phi) is 5.10. The van der Waals surface area contributed by atoms with Crippen molar-refractivity contribution >= 4 is 5.88 Å². The topological polar surface area (TPSA) is 78.2 Å². The minimum absolute atomic E-state index is 0.00209. The van der Waals surface area contributed by atoms with Crippen LogP contribution in [0.3, 0.4) is 0 Å². The molecular weight excluding hydrogens is 328 g/mol. The fraction of sp³-hybridized carbons (Fsp3) is 0.300. The molecule has 2 aromatic heterocycles. The van der Waals surface area contributed by atoms with Crippen LogP contribution in [0.1, 0.15) is 28.8 Å². The van der Waals surface area contributed by atoms with E-state index in [9.17, 15) is 5.26 Å². The quantitative estimate of drug-likeness (QED) is 0.720.